The van der Waals surface area contributed by atoms with Crippen molar-refractivity contribution in [2.45, 2.75) is 19.0 Å². The SMILES string of the molecule is CSCC[C@H](N)C(=O)NCc1ccc(C(=O)Nc2ccc(F)cc2)cc1.Cl. The zero-order chi connectivity index (χ0) is 18.9. The molecular weight excluding hydrogens is 389 g/mol. The molecule has 0 aliphatic carbocycles. The molecule has 27 heavy (non-hydrogen) atoms. The summed E-state index contributed by atoms with van der Waals surface area (Å²) in [5.41, 5.74) is 7.67. The summed E-state index contributed by atoms with van der Waals surface area (Å²) in [5.74, 6) is 0.0120. The third-order valence-electron chi connectivity index (χ3n) is 3.75. The molecule has 8 heteroatoms. The third kappa shape index (κ3) is 7.58. The van der Waals surface area contributed by atoms with Crippen LogP contribution < -0.4 is 16.4 Å². The normalized spacial score (nSPS) is 11.2. The van der Waals surface area contributed by atoms with Crippen LogP contribution in [0.25, 0.3) is 0 Å². The van der Waals surface area contributed by atoms with Crippen molar-refractivity contribution in [3.8, 4) is 0 Å². The van der Waals surface area contributed by atoms with Crippen LogP contribution in [0.5, 0.6) is 0 Å². The van der Waals surface area contributed by atoms with Gasteiger partial charge in [-0.15, -0.1) is 12.4 Å². The molecule has 2 aromatic rings. The van der Waals surface area contributed by atoms with Crippen LogP contribution in [0.4, 0.5) is 10.1 Å². The fourth-order valence-corrected chi connectivity index (χ4v) is 2.70. The van der Waals surface area contributed by atoms with E-state index in [1.807, 2.05) is 6.26 Å². The van der Waals surface area contributed by atoms with Gasteiger partial charge in [0.1, 0.15) is 5.82 Å². The summed E-state index contributed by atoms with van der Waals surface area (Å²) in [6.45, 7) is 0.353. The Hall–Kier alpha value is -2.09. The zero-order valence-corrected chi connectivity index (χ0v) is 16.5. The van der Waals surface area contributed by atoms with Crippen LogP contribution in [0.2, 0.25) is 0 Å². The van der Waals surface area contributed by atoms with E-state index >= 15 is 0 Å². The van der Waals surface area contributed by atoms with E-state index in [0.29, 0.717) is 24.2 Å². The lowest BCUT2D eigenvalue weighted by atomic mass is 10.1. The summed E-state index contributed by atoms with van der Waals surface area (Å²) >= 11 is 1.65. The van der Waals surface area contributed by atoms with Crippen LogP contribution in [0, 0.1) is 5.82 Å². The molecule has 0 aliphatic rings. The number of rotatable bonds is 8. The van der Waals surface area contributed by atoms with Gasteiger partial charge in [0.05, 0.1) is 6.04 Å². The Kier molecular flexibility index (Phi) is 9.85. The van der Waals surface area contributed by atoms with Crippen LogP contribution in [-0.4, -0.2) is 29.9 Å². The molecule has 5 nitrogen and oxygen atoms in total. The third-order valence-corrected chi connectivity index (χ3v) is 4.40. The van der Waals surface area contributed by atoms with Crippen molar-refractivity contribution >= 4 is 41.7 Å². The maximum atomic E-state index is 12.9. The maximum Gasteiger partial charge on any atom is 0.255 e. The average molecular weight is 412 g/mol. The number of thioether (sulfide) groups is 1. The van der Waals surface area contributed by atoms with Crippen molar-refractivity contribution in [2.75, 3.05) is 17.3 Å². The van der Waals surface area contributed by atoms with E-state index < -0.39 is 6.04 Å². The first-order chi connectivity index (χ1) is 12.5. The van der Waals surface area contributed by atoms with E-state index in [1.165, 1.54) is 24.3 Å². The number of hydrogen-bond donors (Lipinski definition) is 3. The minimum absolute atomic E-state index is 0. The monoisotopic (exact) mass is 411 g/mol. The fraction of sp³-hybridized carbons (Fsp3) is 0.263. The first-order valence-electron chi connectivity index (χ1n) is 8.17. The highest BCUT2D eigenvalue weighted by Crippen LogP contribution is 2.11. The van der Waals surface area contributed by atoms with Gasteiger partial charge in [0.2, 0.25) is 5.91 Å². The molecule has 0 aliphatic heterocycles. The number of carbonyl (C=O) groups excluding carboxylic acids is 2. The zero-order valence-electron chi connectivity index (χ0n) is 14.9. The minimum atomic E-state index is -0.511. The first-order valence-corrected chi connectivity index (χ1v) is 9.57. The number of nitrogens with one attached hydrogen (secondary N) is 2. The van der Waals surface area contributed by atoms with Gasteiger partial charge in [0.25, 0.3) is 5.91 Å². The molecule has 0 aromatic heterocycles. The number of nitrogens with two attached hydrogens (primary N) is 1. The van der Waals surface area contributed by atoms with Crippen molar-refractivity contribution in [3.63, 3.8) is 0 Å². The summed E-state index contributed by atoms with van der Waals surface area (Å²) in [6, 6.07) is 11.9. The Labute approximate surface area is 168 Å². The number of amides is 2. The molecule has 2 rings (SSSR count). The van der Waals surface area contributed by atoms with Crippen molar-refractivity contribution in [3.05, 3.63) is 65.5 Å². The van der Waals surface area contributed by atoms with Crippen LogP contribution in [0.1, 0.15) is 22.3 Å². The van der Waals surface area contributed by atoms with Crippen LogP contribution in [0.15, 0.2) is 48.5 Å². The van der Waals surface area contributed by atoms with Gasteiger partial charge >= 0.3 is 0 Å². The van der Waals surface area contributed by atoms with Crippen molar-refractivity contribution in [1.29, 1.82) is 0 Å². The molecule has 0 bridgehead atoms. The molecule has 1 atom stereocenters. The van der Waals surface area contributed by atoms with Gasteiger partial charge in [-0.3, -0.25) is 9.59 Å². The number of hydrogen-bond acceptors (Lipinski definition) is 4. The summed E-state index contributed by atoms with van der Waals surface area (Å²) in [5, 5.41) is 5.49. The van der Waals surface area contributed by atoms with E-state index in [4.69, 9.17) is 5.73 Å². The molecule has 0 saturated heterocycles. The summed E-state index contributed by atoms with van der Waals surface area (Å²) in [6.07, 6.45) is 2.61. The average Bonchev–Trinajstić information content (AvgIpc) is 2.66. The topological polar surface area (TPSA) is 84.2 Å². The summed E-state index contributed by atoms with van der Waals surface area (Å²) < 4.78 is 12.9. The quantitative estimate of drug-likeness (QED) is 0.622. The molecule has 0 unspecified atom stereocenters. The molecule has 0 radical (unpaired) electrons. The summed E-state index contributed by atoms with van der Waals surface area (Å²) in [7, 11) is 0. The number of benzene rings is 2. The first kappa shape index (κ1) is 23.0. The largest absolute Gasteiger partial charge is 0.351 e. The molecule has 2 aromatic carbocycles. The Morgan fingerprint density at radius 3 is 2.33 bits per heavy atom. The second-order valence-electron chi connectivity index (χ2n) is 5.76. The van der Waals surface area contributed by atoms with Gasteiger partial charge in [-0.25, -0.2) is 4.39 Å². The molecule has 4 N–H and O–H groups in total. The fourth-order valence-electron chi connectivity index (χ4n) is 2.21. The van der Waals surface area contributed by atoms with E-state index in [9.17, 15) is 14.0 Å². The highest BCUT2D eigenvalue weighted by atomic mass is 35.5. The smallest absolute Gasteiger partial charge is 0.255 e. The molecular formula is C19H23ClFN3O2S. The molecule has 0 saturated carbocycles. The van der Waals surface area contributed by atoms with E-state index in [1.54, 1.807) is 36.0 Å². The Balaban J connectivity index is 0.00000364. The van der Waals surface area contributed by atoms with E-state index in [2.05, 4.69) is 10.6 Å². The van der Waals surface area contributed by atoms with Crippen LogP contribution in [0.3, 0.4) is 0 Å². The number of anilines is 1. The van der Waals surface area contributed by atoms with Gasteiger partial charge in [0.15, 0.2) is 0 Å². The van der Waals surface area contributed by atoms with Crippen LogP contribution in [-0.2, 0) is 11.3 Å². The van der Waals surface area contributed by atoms with Gasteiger partial charge in [0, 0.05) is 17.8 Å². The van der Waals surface area contributed by atoms with Crippen molar-refractivity contribution < 1.29 is 14.0 Å². The van der Waals surface area contributed by atoms with Gasteiger partial charge in [-0.1, -0.05) is 12.1 Å². The standard InChI is InChI=1S/C19H22FN3O2S.ClH/c1-26-11-10-17(21)19(25)22-12-13-2-4-14(5-3-13)18(24)23-16-8-6-15(20)7-9-16;/h2-9,17H,10-12,21H2,1H3,(H,22,25)(H,23,24);1H/t17-;/m0./s1. The predicted octanol–water partition coefficient (Wildman–Crippen LogP) is 3.20. The van der Waals surface area contributed by atoms with Crippen molar-refractivity contribution in [1.82, 2.24) is 5.32 Å². The predicted molar refractivity (Wildman–Crippen MR) is 111 cm³/mol. The van der Waals surface area contributed by atoms with Gasteiger partial charge in [-0.05, 0) is 60.4 Å². The molecule has 0 heterocycles. The van der Waals surface area contributed by atoms with Gasteiger partial charge < -0.3 is 16.4 Å². The molecule has 2 amide bonds. The lowest BCUT2D eigenvalue weighted by Gasteiger charge is -2.12. The molecule has 0 spiro atoms. The summed E-state index contributed by atoms with van der Waals surface area (Å²) in [4.78, 5) is 24.1. The van der Waals surface area contributed by atoms with Gasteiger partial charge in [-0.2, -0.15) is 11.8 Å². The Morgan fingerprint density at radius 1 is 1.11 bits per heavy atom. The van der Waals surface area contributed by atoms with Crippen molar-refractivity contribution in [2.24, 2.45) is 5.73 Å². The minimum Gasteiger partial charge on any atom is -0.351 e. The Morgan fingerprint density at radius 2 is 1.74 bits per heavy atom. The second-order valence-corrected chi connectivity index (χ2v) is 6.75. The molecule has 146 valence electrons. The second kappa shape index (κ2) is 11.6. The van der Waals surface area contributed by atoms with Crippen LogP contribution >= 0.6 is 24.2 Å². The molecule has 0 fully saturated rings. The Bertz CT molecular complexity index is 742. The number of halogens is 2. The number of carbonyl (C=O) groups is 2. The van der Waals surface area contributed by atoms with E-state index in [0.717, 1.165) is 11.3 Å². The van der Waals surface area contributed by atoms with E-state index in [-0.39, 0.29) is 30.0 Å². The lowest BCUT2D eigenvalue weighted by molar-refractivity contribution is -0.122. The highest BCUT2D eigenvalue weighted by Gasteiger charge is 2.12. The highest BCUT2D eigenvalue weighted by molar-refractivity contribution is 7.98. The maximum absolute atomic E-state index is 12.9. The lowest BCUT2D eigenvalue weighted by Crippen LogP contribution is -2.40.